The molecule has 154 valence electrons. The summed E-state index contributed by atoms with van der Waals surface area (Å²) in [4.78, 5) is 18.0. The molecule has 0 amide bonds. The molecule has 0 N–H and O–H groups in total. The number of nitrogens with zero attached hydrogens (tertiary/aromatic N) is 1. The summed E-state index contributed by atoms with van der Waals surface area (Å²) in [6, 6.07) is 25.0. The van der Waals surface area contributed by atoms with Crippen LogP contribution < -0.4 is 9.47 Å². The molecule has 5 rings (SSSR count). The smallest absolute Gasteiger partial charge is 0.339 e. The number of carbonyl (C=O) groups excluding carboxylic acids is 1. The number of pyridine rings is 1. The molecule has 1 atom stereocenters. The zero-order chi connectivity index (χ0) is 21.2. The molecule has 0 spiro atoms. The van der Waals surface area contributed by atoms with Crippen LogP contribution >= 0.6 is 0 Å². The van der Waals surface area contributed by atoms with Gasteiger partial charge in [-0.3, -0.25) is 0 Å². The fraction of sp³-hybridized carbons (Fsp3) is 0.154. The Labute approximate surface area is 180 Å². The van der Waals surface area contributed by atoms with Crippen molar-refractivity contribution in [3.05, 3.63) is 90.0 Å². The molecule has 2 heterocycles. The van der Waals surface area contributed by atoms with Crippen molar-refractivity contribution in [1.29, 1.82) is 0 Å². The standard InChI is InChI=1S/C26H21NO4/c1-17-24(26(28)30-16-19-15-29-22-13-7-8-14-23(22)31-19)20-11-5-6-12-21(20)27-25(17)18-9-3-2-4-10-18/h2-14,19H,15-16H2,1H3. The predicted molar refractivity (Wildman–Crippen MR) is 119 cm³/mol. The first-order valence-corrected chi connectivity index (χ1v) is 10.2. The van der Waals surface area contributed by atoms with E-state index in [9.17, 15) is 4.79 Å². The SMILES string of the molecule is Cc1c(-c2ccccc2)nc2ccccc2c1C(=O)OCC1COc2ccccc2O1. The first kappa shape index (κ1) is 19.1. The Morgan fingerprint density at radius 1 is 0.968 bits per heavy atom. The Bertz CT molecular complexity index is 1250. The van der Waals surface area contributed by atoms with E-state index in [-0.39, 0.29) is 12.7 Å². The van der Waals surface area contributed by atoms with Gasteiger partial charge in [-0.05, 0) is 30.7 Å². The van der Waals surface area contributed by atoms with Crippen molar-refractivity contribution in [3.63, 3.8) is 0 Å². The van der Waals surface area contributed by atoms with Gasteiger partial charge in [0.05, 0.1) is 16.8 Å². The van der Waals surface area contributed by atoms with Gasteiger partial charge in [0.2, 0.25) is 0 Å². The first-order chi connectivity index (χ1) is 15.2. The molecule has 0 saturated heterocycles. The molecular formula is C26H21NO4. The third kappa shape index (κ3) is 3.70. The highest BCUT2D eigenvalue weighted by Gasteiger charge is 2.25. The van der Waals surface area contributed by atoms with Crippen LogP contribution in [0.25, 0.3) is 22.2 Å². The van der Waals surface area contributed by atoms with Crippen molar-refractivity contribution in [1.82, 2.24) is 4.98 Å². The average Bonchev–Trinajstić information content (AvgIpc) is 2.82. The molecule has 1 unspecified atom stereocenters. The fourth-order valence-corrected chi connectivity index (χ4v) is 3.83. The minimum absolute atomic E-state index is 0.101. The number of carbonyl (C=O) groups is 1. The van der Waals surface area contributed by atoms with Crippen molar-refractivity contribution < 1.29 is 19.0 Å². The lowest BCUT2D eigenvalue weighted by molar-refractivity contribution is 0.0111. The maximum atomic E-state index is 13.2. The third-order valence-corrected chi connectivity index (χ3v) is 5.36. The summed E-state index contributed by atoms with van der Waals surface area (Å²) in [5.74, 6) is 0.969. The van der Waals surface area contributed by atoms with Crippen LogP contribution in [0.5, 0.6) is 11.5 Å². The second-order valence-electron chi connectivity index (χ2n) is 7.44. The largest absolute Gasteiger partial charge is 0.486 e. The number of rotatable bonds is 4. The van der Waals surface area contributed by atoms with Gasteiger partial charge in [-0.25, -0.2) is 9.78 Å². The fourth-order valence-electron chi connectivity index (χ4n) is 3.83. The zero-order valence-corrected chi connectivity index (χ0v) is 17.1. The second kappa shape index (κ2) is 8.11. The van der Waals surface area contributed by atoms with E-state index in [1.54, 1.807) is 0 Å². The number of hydrogen-bond donors (Lipinski definition) is 0. The van der Waals surface area contributed by atoms with Crippen molar-refractivity contribution in [2.24, 2.45) is 0 Å². The summed E-state index contributed by atoms with van der Waals surface area (Å²) in [6.45, 7) is 2.34. The second-order valence-corrected chi connectivity index (χ2v) is 7.44. The van der Waals surface area contributed by atoms with E-state index in [0.29, 0.717) is 23.7 Å². The molecular weight excluding hydrogens is 390 g/mol. The summed E-state index contributed by atoms with van der Waals surface area (Å²) < 4.78 is 17.3. The molecule has 0 radical (unpaired) electrons. The van der Waals surface area contributed by atoms with E-state index in [2.05, 4.69) is 0 Å². The lowest BCUT2D eigenvalue weighted by Crippen LogP contribution is -2.34. The number of esters is 1. The maximum Gasteiger partial charge on any atom is 0.339 e. The van der Waals surface area contributed by atoms with Gasteiger partial charge in [0.1, 0.15) is 13.2 Å². The van der Waals surface area contributed by atoms with Gasteiger partial charge in [0.15, 0.2) is 17.6 Å². The van der Waals surface area contributed by atoms with E-state index in [4.69, 9.17) is 19.2 Å². The van der Waals surface area contributed by atoms with Gasteiger partial charge in [0, 0.05) is 10.9 Å². The lowest BCUT2D eigenvalue weighted by Gasteiger charge is -2.26. The monoisotopic (exact) mass is 411 g/mol. The Morgan fingerprint density at radius 3 is 2.52 bits per heavy atom. The molecule has 1 aliphatic rings. The maximum absolute atomic E-state index is 13.2. The van der Waals surface area contributed by atoms with E-state index in [1.165, 1.54) is 0 Å². The van der Waals surface area contributed by atoms with E-state index in [0.717, 1.165) is 27.7 Å². The molecule has 5 nitrogen and oxygen atoms in total. The molecule has 31 heavy (non-hydrogen) atoms. The topological polar surface area (TPSA) is 57.7 Å². The minimum Gasteiger partial charge on any atom is -0.486 e. The number of hydrogen-bond acceptors (Lipinski definition) is 5. The summed E-state index contributed by atoms with van der Waals surface area (Å²) in [5, 5.41) is 0.774. The summed E-state index contributed by atoms with van der Waals surface area (Å²) in [6.07, 6.45) is -0.360. The first-order valence-electron chi connectivity index (χ1n) is 10.2. The van der Waals surface area contributed by atoms with Crippen LogP contribution in [-0.4, -0.2) is 30.3 Å². The molecule has 0 aliphatic carbocycles. The van der Waals surface area contributed by atoms with Gasteiger partial charge in [-0.1, -0.05) is 60.7 Å². The van der Waals surface area contributed by atoms with Gasteiger partial charge >= 0.3 is 5.97 Å². The van der Waals surface area contributed by atoms with Crippen LogP contribution in [0.1, 0.15) is 15.9 Å². The Balaban J connectivity index is 1.44. The third-order valence-electron chi connectivity index (χ3n) is 5.36. The van der Waals surface area contributed by atoms with E-state index in [1.807, 2.05) is 85.8 Å². The summed E-state index contributed by atoms with van der Waals surface area (Å²) in [7, 11) is 0. The molecule has 0 saturated carbocycles. The molecule has 5 heteroatoms. The van der Waals surface area contributed by atoms with Crippen LogP contribution in [0.15, 0.2) is 78.9 Å². The predicted octanol–water partition coefficient (Wildman–Crippen LogP) is 5.21. The summed E-state index contributed by atoms with van der Waals surface area (Å²) in [5.41, 5.74) is 3.81. The van der Waals surface area contributed by atoms with Crippen LogP contribution in [0.3, 0.4) is 0 Å². The normalized spacial score (nSPS) is 14.9. The molecule has 3 aromatic carbocycles. The number of ether oxygens (including phenoxy) is 3. The Kier molecular flexibility index (Phi) is 5.00. The van der Waals surface area contributed by atoms with Gasteiger partial charge in [-0.2, -0.15) is 0 Å². The van der Waals surface area contributed by atoms with Gasteiger partial charge in [0.25, 0.3) is 0 Å². The van der Waals surface area contributed by atoms with Crippen molar-refractivity contribution in [2.75, 3.05) is 13.2 Å². The van der Waals surface area contributed by atoms with Crippen LogP contribution in [0.2, 0.25) is 0 Å². The highest BCUT2D eigenvalue weighted by Crippen LogP contribution is 2.32. The van der Waals surface area contributed by atoms with Crippen molar-refractivity contribution in [2.45, 2.75) is 13.0 Å². The summed E-state index contributed by atoms with van der Waals surface area (Å²) >= 11 is 0. The molecule has 4 aromatic rings. The van der Waals surface area contributed by atoms with Gasteiger partial charge < -0.3 is 14.2 Å². The average molecular weight is 411 g/mol. The Morgan fingerprint density at radius 2 is 1.68 bits per heavy atom. The minimum atomic E-state index is -0.393. The van der Waals surface area contributed by atoms with E-state index < -0.39 is 5.97 Å². The number of benzene rings is 3. The molecule has 1 aliphatic heterocycles. The van der Waals surface area contributed by atoms with Crippen LogP contribution in [0, 0.1) is 6.92 Å². The Hall–Kier alpha value is -3.86. The van der Waals surface area contributed by atoms with E-state index >= 15 is 0 Å². The molecule has 0 fully saturated rings. The van der Waals surface area contributed by atoms with Crippen LogP contribution in [-0.2, 0) is 4.74 Å². The lowest BCUT2D eigenvalue weighted by atomic mass is 9.98. The van der Waals surface area contributed by atoms with Crippen molar-refractivity contribution >= 4 is 16.9 Å². The number of aromatic nitrogens is 1. The zero-order valence-electron chi connectivity index (χ0n) is 17.1. The number of para-hydroxylation sites is 3. The van der Waals surface area contributed by atoms with Crippen molar-refractivity contribution in [3.8, 4) is 22.8 Å². The number of fused-ring (bicyclic) bond motifs is 2. The highest BCUT2D eigenvalue weighted by molar-refractivity contribution is 6.06. The molecule has 0 bridgehead atoms. The highest BCUT2D eigenvalue weighted by atomic mass is 16.6. The van der Waals surface area contributed by atoms with Gasteiger partial charge in [-0.15, -0.1) is 0 Å². The van der Waals surface area contributed by atoms with Crippen LogP contribution in [0.4, 0.5) is 0 Å². The quantitative estimate of drug-likeness (QED) is 0.432. The molecule has 1 aromatic heterocycles.